The van der Waals surface area contributed by atoms with E-state index in [1.807, 2.05) is 18.2 Å². The van der Waals surface area contributed by atoms with Crippen molar-refractivity contribution in [2.45, 2.75) is 18.9 Å². The Hall–Kier alpha value is -0.990. The quantitative estimate of drug-likeness (QED) is 0.703. The van der Waals surface area contributed by atoms with Gasteiger partial charge in [-0.05, 0) is 54.3 Å². The van der Waals surface area contributed by atoms with Crippen LogP contribution in [-0.2, 0) is 6.42 Å². The summed E-state index contributed by atoms with van der Waals surface area (Å²) in [6, 6.07) is 14.2. The van der Waals surface area contributed by atoms with E-state index < -0.39 is 0 Å². The molecule has 0 saturated carbocycles. The number of benzene rings is 2. The first kappa shape index (κ1) is 12.1. The smallest absolute Gasteiger partial charge is 0.124 e. The molecule has 3 rings (SSSR count). The van der Waals surface area contributed by atoms with E-state index in [0.29, 0.717) is 0 Å². The van der Waals surface area contributed by atoms with Gasteiger partial charge in [-0.25, -0.2) is 0 Å². The van der Waals surface area contributed by atoms with E-state index in [1.165, 1.54) is 11.1 Å². The largest absolute Gasteiger partial charge is 0.485 e. The third kappa shape index (κ3) is 2.40. The van der Waals surface area contributed by atoms with Gasteiger partial charge in [0.15, 0.2) is 0 Å². The standard InChI is InChI=1S/C15H12BrClO/c16-12-4-1-10(2-5-12)14-7-3-11-9-13(17)6-8-15(11)18-14/h1-2,4-6,8-9,14H,3,7H2. The first-order valence-electron chi connectivity index (χ1n) is 5.93. The second kappa shape index (κ2) is 4.94. The maximum atomic E-state index is 6.04. The number of ether oxygens (including phenoxy) is 1. The Morgan fingerprint density at radius 2 is 1.89 bits per heavy atom. The minimum Gasteiger partial charge on any atom is -0.485 e. The van der Waals surface area contributed by atoms with Gasteiger partial charge in [0.25, 0.3) is 0 Å². The predicted octanol–water partition coefficient (Wildman–Crippen LogP) is 5.17. The summed E-state index contributed by atoms with van der Waals surface area (Å²) in [6.07, 6.45) is 2.15. The summed E-state index contributed by atoms with van der Waals surface area (Å²) >= 11 is 9.43. The molecule has 0 aromatic heterocycles. The fraction of sp³-hybridized carbons (Fsp3) is 0.200. The number of fused-ring (bicyclic) bond motifs is 1. The maximum absolute atomic E-state index is 6.04. The summed E-state index contributed by atoms with van der Waals surface area (Å²) < 4.78 is 7.13. The lowest BCUT2D eigenvalue weighted by Gasteiger charge is -2.26. The first-order chi connectivity index (χ1) is 8.72. The highest BCUT2D eigenvalue weighted by atomic mass is 79.9. The van der Waals surface area contributed by atoms with Gasteiger partial charge in [-0.1, -0.05) is 39.7 Å². The van der Waals surface area contributed by atoms with Crippen molar-refractivity contribution in [3.8, 4) is 5.75 Å². The van der Waals surface area contributed by atoms with Gasteiger partial charge in [0.1, 0.15) is 11.9 Å². The van der Waals surface area contributed by atoms with Crippen LogP contribution in [0.3, 0.4) is 0 Å². The van der Waals surface area contributed by atoms with Crippen molar-refractivity contribution < 1.29 is 4.74 Å². The van der Waals surface area contributed by atoms with Crippen LogP contribution in [-0.4, -0.2) is 0 Å². The Labute approximate surface area is 120 Å². The van der Waals surface area contributed by atoms with Gasteiger partial charge in [-0.3, -0.25) is 0 Å². The number of rotatable bonds is 1. The Balaban J connectivity index is 1.86. The molecule has 2 aromatic rings. The molecule has 3 heteroatoms. The highest BCUT2D eigenvalue weighted by molar-refractivity contribution is 9.10. The molecule has 18 heavy (non-hydrogen) atoms. The highest BCUT2D eigenvalue weighted by Gasteiger charge is 2.21. The molecule has 0 saturated heterocycles. The van der Waals surface area contributed by atoms with Crippen LogP contribution < -0.4 is 4.74 Å². The third-order valence-corrected chi connectivity index (χ3v) is 3.97. The summed E-state index contributed by atoms with van der Waals surface area (Å²) in [5.74, 6) is 0.957. The van der Waals surface area contributed by atoms with Gasteiger partial charge in [-0.2, -0.15) is 0 Å². The molecular formula is C15H12BrClO. The van der Waals surface area contributed by atoms with Gasteiger partial charge in [0, 0.05) is 9.50 Å². The Morgan fingerprint density at radius 1 is 1.11 bits per heavy atom. The Bertz CT molecular complexity index is 565. The van der Waals surface area contributed by atoms with Gasteiger partial charge in [-0.15, -0.1) is 0 Å². The second-order valence-electron chi connectivity index (χ2n) is 4.45. The molecule has 0 aliphatic carbocycles. The van der Waals surface area contributed by atoms with Crippen molar-refractivity contribution in [1.82, 2.24) is 0 Å². The molecule has 0 fully saturated rings. The lowest BCUT2D eigenvalue weighted by atomic mass is 9.97. The van der Waals surface area contributed by atoms with Crippen LogP contribution in [0.1, 0.15) is 23.7 Å². The molecule has 0 spiro atoms. The Morgan fingerprint density at radius 3 is 2.67 bits per heavy atom. The molecule has 1 nitrogen and oxygen atoms in total. The summed E-state index contributed by atoms with van der Waals surface area (Å²) in [5, 5.41) is 0.777. The van der Waals surface area contributed by atoms with E-state index in [1.54, 1.807) is 0 Å². The third-order valence-electron chi connectivity index (χ3n) is 3.21. The predicted molar refractivity (Wildman–Crippen MR) is 77.3 cm³/mol. The highest BCUT2D eigenvalue weighted by Crippen LogP contribution is 2.36. The maximum Gasteiger partial charge on any atom is 0.124 e. The zero-order chi connectivity index (χ0) is 12.5. The molecule has 92 valence electrons. The topological polar surface area (TPSA) is 9.23 Å². The minimum absolute atomic E-state index is 0.145. The molecule has 0 N–H and O–H groups in total. The fourth-order valence-electron chi connectivity index (χ4n) is 2.27. The van der Waals surface area contributed by atoms with Crippen LogP contribution >= 0.6 is 27.5 Å². The molecule has 0 bridgehead atoms. The van der Waals surface area contributed by atoms with Gasteiger partial charge in [0.05, 0.1) is 0 Å². The zero-order valence-corrected chi connectivity index (χ0v) is 12.0. The minimum atomic E-state index is 0.145. The van der Waals surface area contributed by atoms with Gasteiger partial charge in [0.2, 0.25) is 0 Å². The zero-order valence-electron chi connectivity index (χ0n) is 9.70. The fourth-order valence-corrected chi connectivity index (χ4v) is 2.73. The molecule has 1 aliphatic heterocycles. The summed E-state index contributed by atoms with van der Waals surface area (Å²) in [7, 11) is 0. The number of hydrogen-bond acceptors (Lipinski definition) is 1. The van der Waals surface area contributed by atoms with Crippen LogP contribution in [0, 0.1) is 0 Å². The lowest BCUT2D eigenvalue weighted by Crippen LogP contribution is -2.14. The molecule has 1 atom stereocenters. The van der Waals surface area contributed by atoms with Crippen LogP contribution in [0.15, 0.2) is 46.9 Å². The van der Waals surface area contributed by atoms with Crippen molar-refractivity contribution >= 4 is 27.5 Å². The van der Waals surface area contributed by atoms with Crippen molar-refractivity contribution in [1.29, 1.82) is 0 Å². The van der Waals surface area contributed by atoms with Gasteiger partial charge < -0.3 is 4.74 Å². The number of aryl methyl sites for hydroxylation is 1. The monoisotopic (exact) mass is 322 g/mol. The average Bonchev–Trinajstić information content (AvgIpc) is 2.39. The van der Waals surface area contributed by atoms with E-state index in [-0.39, 0.29) is 6.10 Å². The molecule has 1 aliphatic rings. The first-order valence-corrected chi connectivity index (χ1v) is 7.10. The van der Waals surface area contributed by atoms with Crippen LogP contribution in [0.25, 0.3) is 0 Å². The SMILES string of the molecule is Clc1ccc2c(c1)CCC(c1ccc(Br)cc1)O2. The summed E-state index contributed by atoms with van der Waals surface area (Å²) in [6.45, 7) is 0. The van der Waals surface area contributed by atoms with E-state index in [9.17, 15) is 0 Å². The molecular weight excluding hydrogens is 312 g/mol. The van der Waals surface area contributed by atoms with Gasteiger partial charge >= 0.3 is 0 Å². The average molecular weight is 324 g/mol. The van der Waals surface area contributed by atoms with Crippen LogP contribution in [0.4, 0.5) is 0 Å². The van der Waals surface area contributed by atoms with Crippen molar-refractivity contribution in [3.05, 3.63) is 63.1 Å². The molecule has 1 heterocycles. The van der Waals surface area contributed by atoms with Crippen molar-refractivity contribution in [3.63, 3.8) is 0 Å². The molecule has 0 radical (unpaired) electrons. The summed E-state index contributed by atoms with van der Waals surface area (Å²) in [4.78, 5) is 0. The van der Waals surface area contributed by atoms with Crippen molar-refractivity contribution in [2.24, 2.45) is 0 Å². The van der Waals surface area contributed by atoms with E-state index >= 15 is 0 Å². The Kier molecular flexibility index (Phi) is 3.31. The molecule has 1 unspecified atom stereocenters. The van der Waals surface area contributed by atoms with Crippen LogP contribution in [0.2, 0.25) is 5.02 Å². The molecule has 2 aromatic carbocycles. The van der Waals surface area contributed by atoms with E-state index in [2.05, 4.69) is 40.2 Å². The number of hydrogen-bond donors (Lipinski definition) is 0. The lowest BCUT2D eigenvalue weighted by molar-refractivity contribution is 0.176. The summed E-state index contributed by atoms with van der Waals surface area (Å²) in [5.41, 5.74) is 2.43. The normalized spacial score (nSPS) is 18.0. The molecule has 0 amide bonds. The number of halogens is 2. The van der Waals surface area contributed by atoms with E-state index in [0.717, 1.165) is 28.1 Å². The van der Waals surface area contributed by atoms with Crippen LogP contribution in [0.5, 0.6) is 5.75 Å². The second-order valence-corrected chi connectivity index (χ2v) is 5.80. The van der Waals surface area contributed by atoms with E-state index in [4.69, 9.17) is 16.3 Å². The van der Waals surface area contributed by atoms with Crippen molar-refractivity contribution in [2.75, 3.05) is 0 Å².